The first-order valence-corrected chi connectivity index (χ1v) is 10.2. The minimum absolute atomic E-state index is 0.235. The van der Waals surface area contributed by atoms with Crippen LogP contribution in [0, 0.1) is 12.7 Å². The van der Waals surface area contributed by atoms with Crippen molar-refractivity contribution in [3.8, 4) is 0 Å². The van der Waals surface area contributed by atoms with E-state index < -0.39 is 15.7 Å². The van der Waals surface area contributed by atoms with Crippen molar-refractivity contribution in [2.45, 2.75) is 30.0 Å². The molecular weight excluding hydrogens is 349 g/mol. The van der Waals surface area contributed by atoms with Crippen molar-refractivity contribution in [1.29, 1.82) is 0 Å². The Balaban J connectivity index is 1.92. The third-order valence-electron chi connectivity index (χ3n) is 4.39. The molecule has 1 aliphatic heterocycles. The highest BCUT2D eigenvalue weighted by Gasteiger charge is 2.25. The van der Waals surface area contributed by atoms with Gasteiger partial charge < -0.3 is 10.2 Å². The molecule has 0 radical (unpaired) electrons. The summed E-state index contributed by atoms with van der Waals surface area (Å²) in [7, 11) is -1.82. The highest BCUT2D eigenvalue weighted by atomic mass is 32.2. The Kier molecular flexibility index (Phi) is 4.89. The maximum Gasteiger partial charge on any atom is 0.185 e. The third-order valence-corrected chi connectivity index (χ3v) is 6.72. The van der Waals surface area contributed by atoms with Crippen molar-refractivity contribution in [2.24, 2.45) is 0 Å². The maximum atomic E-state index is 14.6. The standard InChI is InChI=1S/C16H20FN3O2S2/c1-11-5-16(24(21,22)10-12-7-19-23-9-12)14(17)6-15(11)20(2)13-3-4-18-8-13/h5-7,9,13,18H,3-4,8,10H2,1-2H3/t13-/m0/s1. The van der Waals surface area contributed by atoms with Crippen LogP contribution in [0.1, 0.15) is 17.5 Å². The summed E-state index contributed by atoms with van der Waals surface area (Å²) in [5, 5.41) is 4.95. The Labute approximate surface area is 145 Å². The van der Waals surface area contributed by atoms with Gasteiger partial charge in [0, 0.05) is 36.9 Å². The smallest absolute Gasteiger partial charge is 0.185 e. The number of likely N-dealkylation sites (N-methyl/N-ethyl adjacent to an activating group) is 1. The van der Waals surface area contributed by atoms with Crippen molar-refractivity contribution in [3.05, 3.63) is 40.7 Å². The van der Waals surface area contributed by atoms with Crippen LogP contribution in [0.3, 0.4) is 0 Å². The first-order valence-electron chi connectivity index (χ1n) is 7.73. The Morgan fingerprint density at radius 3 is 2.88 bits per heavy atom. The summed E-state index contributed by atoms with van der Waals surface area (Å²) in [6.07, 6.45) is 2.49. The molecule has 1 aromatic heterocycles. The molecule has 24 heavy (non-hydrogen) atoms. The summed E-state index contributed by atoms with van der Waals surface area (Å²) in [5.41, 5.74) is 2.07. The number of rotatable bonds is 5. The van der Waals surface area contributed by atoms with Crippen LogP contribution in [0.5, 0.6) is 0 Å². The van der Waals surface area contributed by atoms with E-state index in [0.29, 0.717) is 11.6 Å². The molecule has 0 bridgehead atoms. The summed E-state index contributed by atoms with van der Waals surface area (Å²) >= 11 is 1.18. The molecule has 1 fully saturated rings. The Morgan fingerprint density at radius 2 is 2.25 bits per heavy atom. The molecular formula is C16H20FN3O2S2. The van der Waals surface area contributed by atoms with Crippen LogP contribution in [0.2, 0.25) is 0 Å². The summed E-state index contributed by atoms with van der Waals surface area (Å²) < 4.78 is 43.5. The molecule has 3 rings (SSSR count). The fourth-order valence-corrected chi connectivity index (χ4v) is 5.13. The van der Waals surface area contributed by atoms with Gasteiger partial charge in [0.15, 0.2) is 9.84 Å². The van der Waals surface area contributed by atoms with Crippen LogP contribution in [-0.4, -0.2) is 39.0 Å². The summed E-state index contributed by atoms with van der Waals surface area (Å²) in [6, 6.07) is 3.08. The van der Waals surface area contributed by atoms with E-state index in [-0.39, 0.29) is 10.6 Å². The molecule has 0 amide bonds. The minimum atomic E-state index is -3.74. The van der Waals surface area contributed by atoms with Gasteiger partial charge in [-0.25, -0.2) is 17.2 Å². The molecule has 0 aliphatic carbocycles. The molecule has 0 saturated carbocycles. The average molecular weight is 369 g/mol. The van der Waals surface area contributed by atoms with Crippen molar-refractivity contribution in [2.75, 3.05) is 25.0 Å². The Morgan fingerprint density at radius 1 is 1.46 bits per heavy atom. The van der Waals surface area contributed by atoms with Crippen molar-refractivity contribution in [1.82, 2.24) is 9.69 Å². The predicted molar refractivity (Wildman–Crippen MR) is 93.8 cm³/mol. The molecule has 2 aromatic rings. The second-order valence-corrected chi connectivity index (χ2v) is 8.73. The number of nitrogens with one attached hydrogen (secondary N) is 1. The normalized spacial score (nSPS) is 18.0. The van der Waals surface area contributed by atoms with Crippen LogP contribution >= 0.6 is 11.5 Å². The van der Waals surface area contributed by atoms with Gasteiger partial charge in [-0.1, -0.05) is 0 Å². The molecule has 1 saturated heterocycles. The lowest BCUT2D eigenvalue weighted by atomic mass is 10.1. The van der Waals surface area contributed by atoms with Crippen molar-refractivity contribution >= 4 is 27.1 Å². The Bertz CT molecular complexity index is 816. The number of halogens is 1. The number of aromatic nitrogens is 1. The molecule has 8 heteroatoms. The fourth-order valence-electron chi connectivity index (χ4n) is 3.02. The number of benzene rings is 1. The van der Waals surface area contributed by atoms with Gasteiger partial charge in [-0.15, -0.1) is 0 Å². The molecule has 1 aliphatic rings. The van der Waals surface area contributed by atoms with E-state index in [2.05, 4.69) is 9.69 Å². The van der Waals surface area contributed by atoms with Crippen LogP contribution in [0.15, 0.2) is 28.6 Å². The SMILES string of the molecule is Cc1cc(S(=O)(=O)Cc2cnsc2)c(F)cc1N(C)[C@H]1CCNC1. The molecule has 2 heterocycles. The highest BCUT2D eigenvalue weighted by Crippen LogP contribution is 2.29. The lowest BCUT2D eigenvalue weighted by Gasteiger charge is -2.28. The number of nitrogens with zero attached hydrogens (tertiary/aromatic N) is 2. The molecule has 1 N–H and O–H groups in total. The van der Waals surface area contributed by atoms with Gasteiger partial charge in [-0.3, -0.25) is 0 Å². The largest absolute Gasteiger partial charge is 0.370 e. The lowest BCUT2D eigenvalue weighted by molar-refractivity contribution is 0.564. The van der Waals surface area contributed by atoms with E-state index >= 15 is 0 Å². The van der Waals surface area contributed by atoms with E-state index in [1.54, 1.807) is 5.38 Å². The van der Waals surface area contributed by atoms with E-state index in [4.69, 9.17) is 0 Å². The molecule has 130 valence electrons. The lowest BCUT2D eigenvalue weighted by Crippen LogP contribution is -2.34. The van der Waals surface area contributed by atoms with E-state index in [1.807, 2.05) is 18.9 Å². The molecule has 5 nitrogen and oxygen atoms in total. The Hall–Kier alpha value is -1.51. The predicted octanol–water partition coefficient (Wildman–Crippen LogP) is 2.36. The van der Waals surface area contributed by atoms with Gasteiger partial charge in [0.25, 0.3) is 0 Å². The van der Waals surface area contributed by atoms with Gasteiger partial charge in [0.05, 0.1) is 5.75 Å². The third kappa shape index (κ3) is 3.45. The monoisotopic (exact) mass is 369 g/mol. The fraction of sp³-hybridized carbons (Fsp3) is 0.438. The van der Waals surface area contributed by atoms with Gasteiger partial charge in [-0.2, -0.15) is 0 Å². The van der Waals surface area contributed by atoms with E-state index in [0.717, 1.165) is 30.8 Å². The van der Waals surface area contributed by atoms with Gasteiger partial charge >= 0.3 is 0 Å². The van der Waals surface area contributed by atoms with E-state index in [9.17, 15) is 12.8 Å². The zero-order valence-corrected chi connectivity index (χ0v) is 15.3. The number of aryl methyl sites for hydroxylation is 1. The second kappa shape index (κ2) is 6.78. The van der Waals surface area contributed by atoms with Crippen LogP contribution in [0.25, 0.3) is 0 Å². The van der Waals surface area contributed by atoms with Crippen LogP contribution in [-0.2, 0) is 15.6 Å². The van der Waals surface area contributed by atoms with Crippen LogP contribution < -0.4 is 10.2 Å². The number of sulfone groups is 1. The summed E-state index contributed by atoms with van der Waals surface area (Å²) in [4.78, 5) is 1.78. The van der Waals surface area contributed by atoms with Gasteiger partial charge in [0.1, 0.15) is 10.7 Å². The maximum absolute atomic E-state index is 14.6. The minimum Gasteiger partial charge on any atom is -0.370 e. The summed E-state index contributed by atoms with van der Waals surface area (Å²) in [6.45, 7) is 3.61. The van der Waals surface area contributed by atoms with Crippen molar-refractivity contribution < 1.29 is 12.8 Å². The molecule has 0 spiro atoms. The first kappa shape index (κ1) is 17.3. The first-order chi connectivity index (χ1) is 11.4. The molecule has 1 atom stereocenters. The topological polar surface area (TPSA) is 62.3 Å². The van der Waals surface area contributed by atoms with Crippen molar-refractivity contribution in [3.63, 3.8) is 0 Å². The average Bonchev–Trinajstić information content (AvgIpc) is 3.21. The zero-order valence-electron chi connectivity index (χ0n) is 13.6. The summed E-state index contributed by atoms with van der Waals surface area (Å²) in [5.74, 6) is -0.932. The van der Waals surface area contributed by atoms with Gasteiger partial charge in [-0.05, 0) is 54.7 Å². The number of hydrogen-bond donors (Lipinski definition) is 1. The number of hydrogen-bond acceptors (Lipinski definition) is 6. The molecule has 0 unspecified atom stereocenters. The highest BCUT2D eigenvalue weighted by molar-refractivity contribution is 7.90. The number of anilines is 1. The van der Waals surface area contributed by atoms with Crippen LogP contribution in [0.4, 0.5) is 10.1 Å². The van der Waals surface area contributed by atoms with E-state index in [1.165, 1.54) is 29.9 Å². The second-order valence-electron chi connectivity index (χ2n) is 6.12. The quantitative estimate of drug-likeness (QED) is 0.877. The zero-order chi connectivity index (χ0) is 17.3. The van der Waals surface area contributed by atoms with Gasteiger partial charge in [0.2, 0.25) is 0 Å². The molecule has 1 aromatic carbocycles.